The molecule has 22 heavy (non-hydrogen) atoms. The third-order valence-electron chi connectivity index (χ3n) is 3.37. The van der Waals surface area contributed by atoms with Gasteiger partial charge in [-0.2, -0.15) is 0 Å². The Balaban J connectivity index is 2.17. The molecule has 114 valence electrons. The van der Waals surface area contributed by atoms with Gasteiger partial charge in [-0.15, -0.1) is 0 Å². The van der Waals surface area contributed by atoms with Gasteiger partial charge < -0.3 is 10.6 Å². The van der Waals surface area contributed by atoms with Gasteiger partial charge in [-0.3, -0.25) is 9.59 Å². The molecule has 0 spiro atoms. The fraction of sp³-hybridized carbons (Fsp3) is 0.222. The average molecular weight is 296 g/mol. The number of carbonyl (C=O) groups excluding carboxylic acids is 2. The molecule has 0 atom stereocenters. The first-order valence-corrected chi connectivity index (χ1v) is 7.28. The zero-order valence-electron chi connectivity index (χ0n) is 13.1. The number of hydrogen-bond donors (Lipinski definition) is 2. The summed E-state index contributed by atoms with van der Waals surface area (Å²) in [5, 5.41) is 5.66. The molecule has 2 aromatic rings. The minimum atomic E-state index is -0.193. The van der Waals surface area contributed by atoms with Crippen LogP contribution < -0.4 is 10.6 Å². The van der Waals surface area contributed by atoms with Gasteiger partial charge in [-0.05, 0) is 49.2 Å². The van der Waals surface area contributed by atoms with Crippen LogP contribution in [0.4, 0.5) is 11.4 Å². The van der Waals surface area contributed by atoms with Crippen LogP contribution in [0.3, 0.4) is 0 Å². The molecule has 2 rings (SSSR count). The molecule has 2 aromatic carbocycles. The van der Waals surface area contributed by atoms with Gasteiger partial charge in [0, 0.05) is 23.4 Å². The first-order chi connectivity index (χ1) is 10.5. The Morgan fingerprint density at radius 3 is 2.50 bits per heavy atom. The highest BCUT2D eigenvalue weighted by atomic mass is 16.2. The van der Waals surface area contributed by atoms with Gasteiger partial charge in [0.2, 0.25) is 5.91 Å². The predicted octanol–water partition coefficient (Wildman–Crippen LogP) is 3.90. The Morgan fingerprint density at radius 1 is 1.00 bits per heavy atom. The molecule has 0 aliphatic carbocycles. The van der Waals surface area contributed by atoms with Crippen LogP contribution in [0, 0.1) is 13.8 Å². The molecular formula is C18H20N2O2. The van der Waals surface area contributed by atoms with Crippen LogP contribution in [-0.4, -0.2) is 11.8 Å². The molecule has 0 saturated heterocycles. The Bertz CT molecular complexity index is 708. The number of carbonyl (C=O) groups is 2. The van der Waals surface area contributed by atoms with E-state index in [1.54, 1.807) is 31.2 Å². The van der Waals surface area contributed by atoms with Gasteiger partial charge in [-0.1, -0.05) is 25.1 Å². The summed E-state index contributed by atoms with van der Waals surface area (Å²) in [6.07, 6.45) is 0.402. The van der Waals surface area contributed by atoms with Crippen LogP contribution in [0.5, 0.6) is 0 Å². The van der Waals surface area contributed by atoms with Crippen LogP contribution in [0.2, 0.25) is 0 Å². The molecule has 2 amide bonds. The van der Waals surface area contributed by atoms with Crippen molar-refractivity contribution in [3.63, 3.8) is 0 Å². The summed E-state index contributed by atoms with van der Waals surface area (Å²) >= 11 is 0. The van der Waals surface area contributed by atoms with E-state index in [-0.39, 0.29) is 11.8 Å². The number of amides is 2. The van der Waals surface area contributed by atoms with Crippen molar-refractivity contribution in [3.05, 3.63) is 59.2 Å². The Morgan fingerprint density at radius 2 is 1.77 bits per heavy atom. The van der Waals surface area contributed by atoms with Gasteiger partial charge in [-0.25, -0.2) is 0 Å². The number of aryl methyl sites for hydroxylation is 2. The predicted molar refractivity (Wildman–Crippen MR) is 89.2 cm³/mol. The maximum Gasteiger partial charge on any atom is 0.255 e. The van der Waals surface area contributed by atoms with Crippen LogP contribution in [-0.2, 0) is 4.79 Å². The summed E-state index contributed by atoms with van der Waals surface area (Å²) < 4.78 is 0. The normalized spacial score (nSPS) is 10.1. The minimum Gasteiger partial charge on any atom is -0.326 e. The topological polar surface area (TPSA) is 58.2 Å². The monoisotopic (exact) mass is 296 g/mol. The van der Waals surface area contributed by atoms with Crippen molar-refractivity contribution < 1.29 is 9.59 Å². The van der Waals surface area contributed by atoms with Gasteiger partial charge in [0.15, 0.2) is 0 Å². The number of rotatable bonds is 4. The summed E-state index contributed by atoms with van der Waals surface area (Å²) in [6, 6.07) is 12.8. The molecule has 0 radical (unpaired) electrons. The highest BCUT2D eigenvalue weighted by Gasteiger charge is 2.09. The lowest BCUT2D eigenvalue weighted by Gasteiger charge is -2.10. The lowest BCUT2D eigenvalue weighted by molar-refractivity contribution is -0.115. The quantitative estimate of drug-likeness (QED) is 0.899. The third kappa shape index (κ3) is 3.95. The maximum atomic E-state index is 12.4. The molecule has 0 heterocycles. The van der Waals surface area contributed by atoms with Crippen molar-refractivity contribution in [2.45, 2.75) is 27.2 Å². The lowest BCUT2D eigenvalue weighted by Crippen LogP contribution is -2.14. The molecular weight excluding hydrogens is 276 g/mol. The minimum absolute atomic E-state index is 0.0768. The Hall–Kier alpha value is -2.62. The number of anilines is 2. The number of nitrogens with one attached hydrogen (secondary N) is 2. The molecule has 4 nitrogen and oxygen atoms in total. The van der Waals surface area contributed by atoms with Crippen LogP contribution >= 0.6 is 0 Å². The largest absolute Gasteiger partial charge is 0.326 e. The molecule has 0 saturated carbocycles. The van der Waals surface area contributed by atoms with Gasteiger partial charge >= 0.3 is 0 Å². The maximum absolute atomic E-state index is 12.4. The molecule has 0 aliphatic heterocycles. The van der Waals surface area contributed by atoms with Crippen molar-refractivity contribution in [2.75, 3.05) is 10.6 Å². The lowest BCUT2D eigenvalue weighted by atomic mass is 10.1. The van der Waals surface area contributed by atoms with E-state index in [0.717, 1.165) is 16.8 Å². The van der Waals surface area contributed by atoms with Crippen molar-refractivity contribution in [1.29, 1.82) is 0 Å². The molecule has 2 N–H and O–H groups in total. The third-order valence-corrected chi connectivity index (χ3v) is 3.37. The second-order valence-corrected chi connectivity index (χ2v) is 5.26. The summed E-state index contributed by atoms with van der Waals surface area (Å²) in [6.45, 7) is 5.72. The summed E-state index contributed by atoms with van der Waals surface area (Å²) in [5.41, 5.74) is 4.03. The SMILES string of the molecule is CCC(=O)Nc1cccc(C(=O)Nc2cc(C)ccc2C)c1. The van der Waals surface area contributed by atoms with Gasteiger partial charge in [0.25, 0.3) is 5.91 Å². The average Bonchev–Trinajstić information content (AvgIpc) is 2.51. The van der Waals surface area contributed by atoms with E-state index >= 15 is 0 Å². The fourth-order valence-corrected chi connectivity index (χ4v) is 2.05. The van der Waals surface area contributed by atoms with Crippen molar-refractivity contribution in [1.82, 2.24) is 0 Å². The van der Waals surface area contributed by atoms with Crippen LogP contribution in [0.25, 0.3) is 0 Å². The summed E-state index contributed by atoms with van der Waals surface area (Å²) in [5.74, 6) is -0.270. The van der Waals surface area contributed by atoms with E-state index in [1.165, 1.54) is 0 Å². The first kappa shape index (κ1) is 15.8. The van der Waals surface area contributed by atoms with Crippen molar-refractivity contribution in [3.8, 4) is 0 Å². The first-order valence-electron chi connectivity index (χ1n) is 7.28. The number of benzene rings is 2. The van der Waals surface area contributed by atoms with Gasteiger partial charge in [0.05, 0.1) is 0 Å². The highest BCUT2D eigenvalue weighted by molar-refractivity contribution is 6.05. The second kappa shape index (κ2) is 6.89. The van der Waals surface area contributed by atoms with Crippen LogP contribution in [0.1, 0.15) is 34.8 Å². The zero-order valence-corrected chi connectivity index (χ0v) is 13.1. The summed E-state index contributed by atoms with van der Waals surface area (Å²) in [7, 11) is 0. The van der Waals surface area contributed by atoms with Crippen molar-refractivity contribution >= 4 is 23.2 Å². The molecule has 0 bridgehead atoms. The van der Waals surface area contributed by atoms with Crippen molar-refractivity contribution in [2.24, 2.45) is 0 Å². The van der Waals surface area contributed by atoms with E-state index in [0.29, 0.717) is 17.7 Å². The second-order valence-electron chi connectivity index (χ2n) is 5.26. The van der Waals surface area contributed by atoms with Gasteiger partial charge in [0.1, 0.15) is 0 Å². The molecule has 4 heteroatoms. The fourth-order valence-electron chi connectivity index (χ4n) is 2.05. The molecule has 0 unspecified atom stereocenters. The Labute approximate surface area is 130 Å². The van der Waals surface area contributed by atoms with E-state index < -0.39 is 0 Å². The summed E-state index contributed by atoms with van der Waals surface area (Å²) in [4.78, 5) is 23.8. The van der Waals surface area contributed by atoms with E-state index in [1.807, 2.05) is 32.0 Å². The van der Waals surface area contributed by atoms with E-state index in [2.05, 4.69) is 10.6 Å². The number of hydrogen-bond acceptors (Lipinski definition) is 2. The molecule has 0 fully saturated rings. The molecule has 0 aliphatic rings. The van der Waals surface area contributed by atoms with E-state index in [9.17, 15) is 9.59 Å². The molecule has 0 aromatic heterocycles. The Kier molecular flexibility index (Phi) is 4.94. The standard InChI is InChI=1S/C18H20N2O2/c1-4-17(21)19-15-7-5-6-14(11-15)18(22)20-16-10-12(2)8-9-13(16)3/h5-11H,4H2,1-3H3,(H,19,21)(H,20,22). The zero-order chi connectivity index (χ0) is 16.1. The smallest absolute Gasteiger partial charge is 0.255 e. The van der Waals surface area contributed by atoms with E-state index in [4.69, 9.17) is 0 Å². The highest BCUT2D eigenvalue weighted by Crippen LogP contribution is 2.18. The van der Waals surface area contributed by atoms with Crippen LogP contribution in [0.15, 0.2) is 42.5 Å².